The molecule has 1 aromatic carbocycles. The van der Waals surface area contributed by atoms with Crippen molar-refractivity contribution in [2.24, 2.45) is 5.73 Å². The van der Waals surface area contributed by atoms with Gasteiger partial charge in [-0.25, -0.2) is 0 Å². The summed E-state index contributed by atoms with van der Waals surface area (Å²) in [4.78, 5) is 15.5. The molecule has 0 aliphatic rings. The molecular weight excluding hydrogens is 252 g/mol. The molecule has 0 fully saturated rings. The molecule has 2 aromatic rings. The van der Waals surface area contributed by atoms with Gasteiger partial charge < -0.3 is 10.8 Å². The number of fused-ring (bicyclic) bond motifs is 1. The zero-order valence-electron chi connectivity index (χ0n) is 11.8. The maximum Gasteiger partial charge on any atom is 0.304 e. The quantitative estimate of drug-likeness (QED) is 0.877. The van der Waals surface area contributed by atoms with Crippen LogP contribution in [0, 0.1) is 6.92 Å². The summed E-state index contributed by atoms with van der Waals surface area (Å²) in [6, 6.07) is 9.70. The van der Waals surface area contributed by atoms with Gasteiger partial charge in [0.15, 0.2) is 0 Å². The van der Waals surface area contributed by atoms with Gasteiger partial charge >= 0.3 is 5.97 Å². The number of carboxylic acid groups (broad SMARTS) is 1. The zero-order valence-corrected chi connectivity index (χ0v) is 11.8. The maximum atomic E-state index is 11.0. The van der Waals surface area contributed by atoms with E-state index in [0.29, 0.717) is 0 Å². The van der Waals surface area contributed by atoms with Crippen molar-refractivity contribution in [2.75, 3.05) is 0 Å². The molecule has 3 N–H and O–H groups in total. The van der Waals surface area contributed by atoms with Gasteiger partial charge in [-0.15, -0.1) is 0 Å². The van der Waals surface area contributed by atoms with Crippen molar-refractivity contribution in [1.29, 1.82) is 0 Å². The number of pyridine rings is 1. The van der Waals surface area contributed by atoms with E-state index in [1.54, 1.807) is 0 Å². The van der Waals surface area contributed by atoms with E-state index in [0.717, 1.165) is 28.6 Å². The van der Waals surface area contributed by atoms with Gasteiger partial charge in [-0.3, -0.25) is 9.78 Å². The highest BCUT2D eigenvalue weighted by Crippen LogP contribution is 2.27. The van der Waals surface area contributed by atoms with E-state index in [-0.39, 0.29) is 18.4 Å². The summed E-state index contributed by atoms with van der Waals surface area (Å²) in [6.07, 6.45) is 0.807. The molecule has 0 saturated heterocycles. The van der Waals surface area contributed by atoms with Crippen LogP contribution in [-0.2, 0) is 4.79 Å². The van der Waals surface area contributed by atoms with Crippen molar-refractivity contribution in [3.8, 4) is 0 Å². The van der Waals surface area contributed by atoms with Gasteiger partial charge in [0.25, 0.3) is 0 Å². The van der Waals surface area contributed by atoms with Crippen LogP contribution in [0.5, 0.6) is 0 Å². The van der Waals surface area contributed by atoms with Crippen LogP contribution in [-0.4, -0.2) is 22.1 Å². The molecule has 2 unspecified atom stereocenters. The standard InChI is InChI=1S/C16H20N2O2/c1-3-14(17)13(9-16(19)20)11-6-7-15-12(8-11)5-4-10(2)18-15/h4-8,13-14H,3,9,17H2,1-2H3,(H,19,20). The largest absolute Gasteiger partial charge is 0.481 e. The molecule has 106 valence electrons. The highest BCUT2D eigenvalue weighted by molar-refractivity contribution is 5.80. The monoisotopic (exact) mass is 272 g/mol. The Morgan fingerprint density at radius 1 is 1.35 bits per heavy atom. The third-order valence-corrected chi connectivity index (χ3v) is 3.66. The number of carboxylic acids is 1. The van der Waals surface area contributed by atoms with E-state index in [1.807, 2.05) is 44.2 Å². The van der Waals surface area contributed by atoms with Gasteiger partial charge in [0.1, 0.15) is 0 Å². The number of aromatic nitrogens is 1. The first-order valence-electron chi connectivity index (χ1n) is 6.86. The molecule has 1 heterocycles. The average Bonchev–Trinajstić information content (AvgIpc) is 2.43. The van der Waals surface area contributed by atoms with E-state index < -0.39 is 5.97 Å². The van der Waals surface area contributed by atoms with Crippen molar-refractivity contribution in [3.05, 3.63) is 41.6 Å². The summed E-state index contributed by atoms with van der Waals surface area (Å²) in [5.74, 6) is -0.982. The molecule has 0 aliphatic heterocycles. The van der Waals surface area contributed by atoms with Crippen molar-refractivity contribution in [3.63, 3.8) is 0 Å². The number of aliphatic carboxylic acids is 1. The number of hydrogen-bond donors (Lipinski definition) is 2. The fraction of sp³-hybridized carbons (Fsp3) is 0.375. The third-order valence-electron chi connectivity index (χ3n) is 3.66. The lowest BCUT2D eigenvalue weighted by atomic mass is 9.87. The van der Waals surface area contributed by atoms with Crippen LogP contribution in [0.25, 0.3) is 10.9 Å². The molecule has 0 radical (unpaired) electrons. The first-order valence-corrected chi connectivity index (χ1v) is 6.86. The van der Waals surface area contributed by atoms with Gasteiger partial charge in [0.05, 0.1) is 11.9 Å². The molecule has 0 amide bonds. The molecule has 4 heteroatoms. The number of rotatable bonds is 5. The SMILES string of the molecule is CCC(N)C(CC(=O)O)c1ccc2nc(C)ccc2c1. The smallest absolute Gasteiger partial charge is 0.304 e. The first-order chi connectivity index (χ1) is 9.51. The Hall–Kier alpha value is -1.94. The van der Waals surface area contributed by atoms with Gasteiger partial charge in [0.2, 0.25) is 0 Å². The maximum absolute atomic E-state index is 11.0. The Kier molecular flexibility index (Phi) is 4.35. The van der Waals surface area contributed by atoms with E-state index in [9.17, 15) is 4.79 Å². The first kappa shape index (κ1) is 14.5. The summed E-state index contributed by atoms with van der Waals surface area (Å²) < 4.78 is 0. The van der Waals surface area contributed by atoms with Crippen LogP contribution >= 0.6 is 0 Å². The normalized spacial score (nSPS) is 14.2. The van der Waals surface area contributed by atoms with Crippen molar-refractivity contribution in [1.82, 2.24) is 4.98 Å². The molecule has 20 heavy (non-hydrogen) atoms. The average molecular weight is 272 g/mol. The van der Waals surface area contributed by atoms with Crippen molar-refractivity contribution < 1.29 is 9.90 Å². The minimum absolute atomic E-state index is 0.0554. The predicted molar refractivity (Wildman–Crippen MR) is 79.7 cm³/mol. The van der Waals surface area contributed by atoms with Gasteiger partial charge in [-0.05, 0) is 37.1 Å². The second-order valence-corrected chi connectivity index (χ2v) is 5.18. The molecule has 0 spiro atoms. The Bertz CT molecular complexity index is 625. The fourth-order valence-corrected chi connectivity index (χ4v) is 2.47. The van der Waals surface area contributed by atoms with E-state index >= 15 is 0 Å². The molecule has 0 bridgehead atoms. The number of nitrogens with two attached hydrogens (primary N) is 1. The molecule has 2 atom stereocenters. The Balaban J connectivity index is 2.42. The second-order valence-electron chi connectivity index (χ2n) is 5.18. The van der Waals surface area contributed by atoms with Crippen LogP contribution in [0.15, 0.2) is 30.3 Å². The van der Waals surface area contributed by atoms with Crippen LogP contribution in [0.2, 0.25) is 0 Å². The van der Waals surface area contributed by atoms with Crippen molar-refractivity contribution in [2.45, 2.75) is 38.6 Å². The predicted octanol–water partition coefficient (Wildman–Crippen LogP) is 2.84. The summed E-state index contributed by atoms with van der Waals surface area (Å²) in [6.45, 7) is 3.93. The van der Waals surface area contributed by atoms with Crippen molar-refractivity contribution >= 4 is 16.9 Å². The van der Waals surface area contributed by atoms with Gasteiger partial charge in [-0.1, -0.05) is 19.1 Å². The lowest BCUT2D eigenvalue weighted by molar-refractivity contribution is -0.137. The molecule has 0 saturated carbocycles. The Morgan fingerprint density at radius 2 is 2.10 bits per heavy atom. The number of benzene rings is 1. The van der Waals surface area contributed by atoms with Gasteiger partial charge in [-0.2, -0.15) is 0 Å². The summed E-state index contributed by atoms with van der Waals surface area (Å²) in [5, 5.41) is 10.1. The topological polar surface area (TPSA) is 76.2 Å². The Labute approximate surface area is 118 Å². The lowest BCUT2D eigenvalue weighted by Crippen LogP contribution is -2.29. The van der Waals surface area contributed by atoms with E-state index in [1.165, 1.54) is 0 Å². The molecule has 4 nitrogen and oxygen atoms in total. The lowest BCUT2D eigenvalue weighted by Gasteiger charge is -2.22. The molecule has 2 rings (SSSR count). The second kappa shape index (κ2) is 6.01. The van der Waals surface area contributed by atoms with Crippen LogP contribution in [0.3, 0.4) is 0 Å². The molecular formula is C16H20N2O2. The number of hydrogen-bond acceptors (Lipinski definition) is 3. The third kappa shape index (κ3) is 3.14. The van der Waals surface area contributed by atoms with Crippen LogP contribution in [0.4, 0.5) is 0 Å². The minimum Gasteiger partial charge on any atom is -0.481 e. The number of nitrogens with zero attached hydrogens (tertiary/aromatic N) is 1. The summed E-state index contributed by atoms with van der Waals surface area (Å²) in [7, 11) is 0. The van der Waals surface area contributed by atoms with E-state index in [4.69, 9.17) is 10.8 Å². The highest BCUT2D eigenvalue weighted by atomic mass is 16.4. The van der Waals surface area contributed by atoms with Crippen LogP contribution < -0.4 is 5.73 Å². The number of carbonyl (C=O) groups is 1. The van der Waals surface area contributed by atoms with Gasteiger partial charge in [0, 0.05) is 23.0 Å². The minimum atomic E-state index is -0.818. The highest BCUT2D eigenvalue weighted by Gasteiger charge is 2.21. The van der Waals surface area contributed by atoms with E-state index in [2.05, 4.69) is 4.98 Å². The summed E-state index contributed by atoms with van der Waals surface area (Å²) >= 11 is 0. The Morgan fingerprint density at radius 3 is 2.75 bits per heavy atom. The molecule has 0 aliphatic carbocycles. The fourth-order valence-electron chi connectivity index (χ4n) is 2.47. The zero-order chi connectivity index (χ0) is 14.7. The summed E-state index contributed by atoms with van der Waals surface area (Å²) in [5.41, 5.74) is 8.95. The number of aryl methyl sites for hydroxylation is 1. The van der Waals surface area contributed by atoms with Crippen LogP contribution in [0.1, 0.15) is 36.9 Å². The molecule has 1 aromatic heterocycles.